The fourth-order valence-corrected chi connectivity index (χ4v) is 3.52. The van der Waals surface area contributed by atoms with Gasteiger partial charge < -0.3 is 19.2 Å². The Hall–Kier alpha value is -2.86. The second-order valence-electron chi connectivity index (χ2n) is 10.4. The molecule has 0 aliphatic rings. The highest BCUT2D eigenvalue weighted by molar-refractivity contribution is 5.57. The van der Waals surface area contributed by atoms with Crippen LogP contribution in [0, 0.1) is 0 Å². The molecule has 1 heterocycles. The van der Waals surface area contributed by atoms with E-state index < -0.39 is 0 Å². The third kappa shape index (κ3) is 6.35. The zero-order valence-corrected chi connectivity index (χ0v) is 21.2. The first-order valence-corrected chi connectivity index (χ1v) is 11.4. The number of hydrogen-bond donors (Lipinski definition) is 1. The second-order valence-corrected chi connectivity index (χ2v) is 10.4. The van der Waals surface area contributed by atoms with E-state index in [2.05, 4.69) is 75.3 Å². The first-order chi connectivity index (χ1) is 15.5. The number of benzene rings is 2. The fourth-order valence-electron chi connectivity index (χ4n) is 3.52. The summed E-state index contributed by atoms with van der Waals surface area (Å²) in [6.07, 6.45) is 0.851. The van der Waals surface area contributed by atoms with Gasteiger partial charge in [0, 0.05) is 5.56 Å². The van der Waals surface area contributed by atoms with Crippen LogP contribution < -0.4 is 14.8 Å². The average Bonchev–Trinajstić information content (AvgIpc) is 3.24. The maximum atomic E-state index is 6.00. The molecule has 6 nitrogen and oxygen atoms in total. The van der Waals surface area contributed by atoms with Crippen molar-refractivity contribution in [1.82, 2.24) is 15.5 Å². The van der Waals surface area contributed by atoms with Crippen molar-refractivity contribution in [3.05, 3.63) is 59.0 Å². The number of nitrogens with one attached hydrogen (secondary N) is 1. The van der Waals surface area contributed by atoms with Crippen LogP contribution >= 0.6 is 0 Å². The molecule has 3 rings (SSSR count). The van der Waals surface area contributed by atoms with Gasteiger partial charge in [-0.3, -0.25) is 0 Å². The molecule has 0 aliphatic carbocycles. The van der Waals surface area contributed by atoms with Gasteiger partial charge in [-0.1, -0.05) is 53.7 Å². The van der Waals surface area contributed by atoms with E-state index in [1.807, 2.05) is 18.2 Å². The summed E-state index contributed by atoms with van der Waals surface area (Å²) < 4.78 is 16.7. The summed E-state index contributed by atoms with van der Waals surface area (Å²) in [6, 6.07) is 12.6. The van der Waals surface area contributed by atoms with Crippen LogP contribution in [0.5, 0.6) is 11.5 Å². The summed E-state index contributed by atoms with van der Waals surface area (Å²) in [7, 11) is 3.29. The predicted octanol–water partition coefficient (Wildman–Crippen LogP) is 5.68. The molecular formula is C27H37N3O3. The van der Waals surface area contributed by atoms with E-state index in [-0.39, 0.29) is 10.8 Å². The van der Waals surface area contributed by atoms with E-state index in [1.165, 1.54) is 16.7 Å². The number of aromatic nitrogens is 2. The van der Waals surface area contributed by atoms with E-state index in [0.717, 1.165) is 30.0 Å². The van der Waals surface area contributed by atoms with Crippen LogP contribution in [0.1, 0.15) is 64.1 Å². The third-order valence-corrected chi connectivity index (χ3v) is 5.69. The van der Waals surface area contributed by atoms with Crippen molar-refractivity contribution in [1.29, 1.82) is 0 Å². The zero-order chi connectivity index (χ0) is 24.2. The van der Waals surface area contributed by atoms with Crippen molar-refractivity contribution in [3.63, 3.8) is 0 Å². The SMILES string of the molecule is COc1ccc(CCNCc2nnc(-c3cc(C(C)(C)C)cc(C(C)(C)C)c3)o2)cc1OC. The Bertz CT molecular complexity index is 1040. The lowest BCUT2D eigenvalue weighted by atomic mass is 9.79. The summed E-state index contributed by atoms with van der Waals surface area (Å²) in [5, 5.41) is 12.0. The van der Waals surface area contributed by atoms with E-state index >= 15 is 0 Å². The van der Waals surface area contributed by atoms with Crippen LogP contribution in [0.2, 0.25) is 0 Å². The van der Waals surface area contributed by atoms with Gasteiger partial charge >= 0.3 is 0 Å². The molecule has 1 aromatic heterocycles. The first-order valence-electron chi connectivity index (χ1n) is 11.4. The van der Waals surface area contributed by atoms with Gasteiger partial charge in [0.15, 0.2) is 11.5 Å². The van der Waals surface area contributed by atoms with Gasteiger partial charge in [0.1, 0.15) is 0 Å². The largest absolute Gasteiger partial charge is 0.493 e. The Labute approximate surface area is 197 Å². The lowest BCUT2D eigenvalue weighted by Crippen LogP contribution is -2.17. The quantitative estimate of drug-likeness (QED) is 0.444. The van der Waals surface area contributed by atoms with Gasteiger partial charge in [0.05, 0.1) is 20.8 Å². The topological polar surface area (TPSA) is 69.4 Å². The van der Waals surface area contributed by atoms with Crippen molar-refractivity contribution in [3.8, 4) is 23.0 Å². The Morgan fingerprint density at radius 2 is 1.45 bits per heavy atom. The smallest absolute Gasteiger partial charge is 0.247 e. The monoisotopic (exact) mass is 451 g/mol. The minimum Gasteiger partial charge on any atom is -0.493 e. The summed E-state index contributed by atoms with van der Waals surface area (Å²) in [5.74, 6) is 2.61. The van der Waals surface area contributed by atoms with E-state index in [0.29, 0.717) is 18.3 Å². The lowest BCUT2D eigenvalue weighted by Gasteiger charge is -2.25. The van der Waals surface area contributed by atoms with Gasteiger partial charge in [-0.05, 0) is 64.8 Å². The number of methoxy groups -OCH3 is 2. The van der Waals surface area contributed by atoms with Gasteiger partial charge in [-0.2, -0.15) is 0 Å². The average molecular weight is 452 g/mol. The predicted molar refractivity (Wildman–Crippen MR) is 132 cm³/mol. The Morgan fingerprint density at radius 1 is 0.818 bits per heavy atom. The fraction of sp³-hybridized carbons (Fsp3) is 0.481. The number of hydrogen-bond acceptors (Lipinski definition) is 6. The van der Waals surface area contributed by atoms with E-state index in [1.54, 1.807) is 14.2 Å². The van der Waals surface area contributed by atoms with Crippen molar-refractivity contribution in [2.45, 2.75) is 65.3 Å². The zero-order valence-electron chi connectivity index (χ0n) is 21.2. The number of rotatable bonds is 8. The Balaban J connectivity index is 1.67. The number of ether oxygens (including phenoxy) is 2. The van der Waals surface area contributed by atoms with Crippen molar-refractivity contribution in [2.75, 3.05) is 20.8 Å². The maximum Gasteiger partial charge on any atom is 0.247 e. The molecule has 0 fully saturated rings. The van der Waals surface area contributed by atoms with Crippen LogP contribution in [-0.2, 0) is 23.8 Å². The summed E-state index contributed by atoms with van der Waals surface area (Å²) in [5.41, 5.74) is 4.72. The Kier molecular flexibility index (Phi) is 7.48. The molecular weight excluding hydrogens is 414 g/mol. The van der Waals surface area contributed by atoms with Crippen LogP contribution in [-0.4, -0.2) is 31.0 Å². The van der Waals surface area contributed by atoms with Crippen LogP contribution in [0.4, 0.5) is 0 Å². The van der Waals surface area contributed by atoms with Crippen molar-refractivity contribution < 1.29 is 13.9 Å². The molecule has 33 heavy (non-hydrogen) atoms. The highest BCUT2D eigenvalue weighted by Crippen LogP contribution is 2.33. The molecule has 0 bridgehead atoms. The first kappa shape index (κ1) is 24.8. The molecule has 6 heteroatoms. The molecule has 0 spiro atoms. The van der Waals surface area contributed by atoms with Gasteiger partial charge in [0.25, 0.3) is 0 Å². The minimum atomic E-state index is 0.0323. The van der Waals surface area contributed by atoms with Gasteiger partial charge in [-0.25, -0.2) is 0 Å². The second kappa shape index (κ2) is 9.96. The molecule has 0 saturated carbocycles. The molecule has 3 aromatic rings. The molecule has 1 N–H and O–H groups in total. The number of nitrogens with zero attached hydrogens (tertiary/aromatic N) is 2. The van der Waals surface area contributed by atoms with Crippen LogP contribution in [0.25, 0.3) is 11.5 Å². The molecule has 0 saturated heterocycles. The van der Waals surface area contributed by atoms with Crippen molar-refractivity contribution in [2.24, 2.45) is 0 Å². The molecule has 0 unspecified atom stereocenters. The molecule has 0 aliphatic heterocycles. The standard InChI is InChI=1S/C27H37N3O3/c1-26(2,3)20-14-19(15-21(16-20)27(4,5)6)25-30-29-24(33-25)17-28-12-11-18-9-10-22(31-7)23(13-18)32-8/h9-10,13-16,28H,11-12,17H2,1-8H3. The van der Waals surface area contributed by atoms with Crippen LogP contribution in [0.3, 0.4) is 0 Å². The molecule has 2 aromatic carbocycles. The Morgan fingerprint density at radius 3 is 2.03 bits per heavy atom. The summed E-state index contributed by atoms with van der Waals surface area (Å²) >= 11 is 0. The third-order valence-electron chi connectivity index (χ3n) is 5.69. The van der Waals surface area contributed by atoms with Crippen LogP contribution in [0.15, 0.2) is 40.8 Å². The lowest BCUT2D eigenvalue weighted by molar-refractivity contribution is 0.354. The molecule has 0 amide bonds. The minimum absolute atomic E-state index is 0.0323. The molecule has 0 atom stereocenters. The van der Waals surface area contributed by atoms with Gasteiger partial charge in [-0.15, -0.1) is 10.2 Å². The summed E-state index contributed by atoms with van der Waals surface area (Å²) in [4.78, 5) is 0. The van der Waals surface area contributed by atoms with E-state index in [9.17, 15) is 0 Å². The molecule has 178 valence electrons. The highest BCUT2D eigenvalue weighted by Gasteiger charge is 2.22. The summed E-state index contributed by atoms with van der Waals surface area (Å²) in [6.45, 7) is 14.6. The van der Waals surface area contributed by atoms with Crippen molar-refractivity contribution >= 4 is 0 Å². The highest BCUT2D eigenvalue weighted by atomic mass is 16.5. The normalized spacial score (nSPS) is 12.1. The van der Waals surface area contributed by atoms with Gasteiger partial charge in [0.2, 0.25) is 11.8 Å². The maximum absolute atomic E-state index is 6.00. The van der Waals surface area contributed by atoms with E-state index in [4.69, 9.17) is 13.9 Å². The molecule has 0 radical (unpaired) electrons.